The second kappa shape index (κ2) is 11.3. The molecule has 7 nitrogen and oxygen atoms in total. The largest absolute Gasteiger partial charge is 0.383 e. The molecule has 1 heterocycles. The van der Waals surface area contributed by atoms with Gasteiger partial charge in [0, 0.05) is 33.3 Å². The first kappa shape index (κ1) is 25.1. The van der Waals surface area contributed by atoms with Gasteiger partial charge in [0.1, 0.15) is 0 Å². The van der Waals surface area contributed by atoms with Crippen LogP contribution in [0.4, 0.5) is 0 Å². The lowest BCUT2D eigenvalue weighted by atomic mass is 10.0. The van der Waals surface area contributed by atoms with Gasteiger partial charge in [-0.25, -0.2) is 13.4 Å². The molecule has 0 saturated carbocycles. The highest BCUT2D eigenvalue weighted by Crippen LogP contribution is 2.22. The van der Waals surface area contributed by atoms with Crippen molar-refractivity contribution in [2.24, 2.45) is 5.41 Å². The number of ether oxygens (including phenoxy) is 1. The molecule has 1 aromatic heterocycles. The van der Waals surface area contributed by atoms with Crippen molar-refractivity contribution in [2.75, 3.05) is 52.2 Å². The van der Waals surface area contributed by atoms with Crippen LogP contribution in [0.25, 0.3) is 0 Å². The Balaban J connectivity index is 3.06. The Bertz CT molecular complexity index is 676. The Kier molecular flexibility index (Phi) is 10.1. The van der Waals surface area contributed by atoms with Crippen LogP contribution in [-0.4, -0.2) is 80.0 Å². The van der Waals surface area contributed by atoms with Crippen LogP contribution in [0.15, 0.2) is 11.4 Å². The molecule has 0 bridgehead atoms. The molecule has 0 aliphatic carbocycles. The van der Waals surface area contributed by atoms with Crippen LogP contribution < -0.4 is 0 Å². The number of nitrogens with zero attached hydrogens (tertiary/aromatic N) is 4. The lowest BCUT2D eigenvalue weighted by molar-refractivity contribution is 0.179. The van der Waals surface area contributed by atoms with E-state index in [1.807, 2.05) is 25.3 Å². The van der Waals surface area contributed by atoms with E-state index in [0.29, 0.717) is 19.7 Å². The van der Waals surface area contributed by atoms with Crippen LogP contribution in [0.5, 0.6) is 0 Å². The number of methoxy groups -OCH3 is 1. The van der Waals surface area contributed by atoms with Crippen LogP contribution in [0, 0.1) is 5.41 Å². The molecule has 28 heavy (non-hydrogen) atoms. The number of hydrogen-bond donors (Lipinski definition) is 0. The molecule has 0 N–H and O–H groups in total. The quantitative estimate of drug-likeness (QED) is 0.492. The summed E-state index contributed by atoms with van der Waals surface area (Å²) in [5.41, 5.74) is 0.599. The molecule has 0 aliphatic heterocycles. The van der Waals surface area contributed by atoms with E-state index in [1.165, 1.54) is 0 Å². The van der Waals surface area contributed by atoms with Crippen molar-refractivity contribution in [3.05, 3.63) is 11.9 Å². The summed E-state index contributed by atoms with van der Waals surface area (Å²) in [5, 5.41) is 0.161. The summed E-state index contributed by atoms with van der Waals surface area (Å²) in [6.45, 7) is 18.8. The first-order chi connectivity index (χ1) is 13.1. The lowest BCUT2D eigenvalue weighted by Gasteiger charge is -2.25. The van der Waals surface area contributed by atoms with Crippen LogP contribution in [0.1, 0.15) is 47.2 Å². The molecular formula is C20H40N4O3S. The number of sulfone groups is 1. The fourth-order valence-corrected chi connectivity index (χ4v) is 5.25. The zero-order chi connectivity index (χ0) is 21.4. The standard InChI is InChI=1S/C20H40N4O3S/c1-8-22(9-2)11-12-23(10-3)16-18-15-21-19(24(18)13-14-27-7)28(25,26)17-20(4,5)6/h15H,8-14,16-17H2,1-7H3. The third-order valence-electron chi connectivity index (χ3n) is 4.78. The van der Waals surface area contributed by atoms with E-state index in [1.54, 1.807) is 13.3 Å². The molecule has 8 heteroatoms. The Morgan fingerprint density at radius 1 is 1.07 bits per heavy atom. The predicted octanol–water partition coefficient (Wildman–Crippen LogP) is 2.51. The number of rotatable bonds is 13. The summed E-state index contributed by atoms with van der Waals surface area (Å²) in [6.07, 6.45) is 1.71. The highest BCUT2D eigenvalue weighted by molar-refractivity contribution is 7.91. The van der Waals surface area contributed by atoms with Crippen LogP contribution in [0.3, 0.4) is 0 Å². The molecule has 0 atom stereocenters. The zero-order valence-electron chi connectivity index (χ0n) is 18.9. The SMILES string of the molecule is CCN(CC)CCN(CC)Cc1cnc(S(=O)(=O)CC(C)(C)C)n1CCOC. The summed E-state index contributed by atoms with van der Waals surface area (Å²) in [7, 11) is -1.84. The molecule has 0 saturated heterocycles. The topological polar surface area (TPSA) is 67.7 Å². The zero-order valence-corrected chi connectivity index (χ0v) is 19.7. The van der Waals surface area contributed by atoms with Crippen molar-refractivity contribution in [1.29, 1.82) is 0 Å². The minimum Gasteiger partial charge on any atom is -0.383 e. The molecular weight excluding hydrogens is 376 g/mol. The van der Waals surface area contributed by atoms with Gasteiger partial charge in [-0.15, -0.1) is 0 Å². The Morgan fingerprint density at radius 3 is 2.14 bits per heavy atom. The smallest absolute Gasteiger partial charge is 0.227 e. The second-order valence-corrected chi connectivity index (χ2v) is 10.3. The first-order valence-corrected chi connectivity index (χ1v) is 11.9. The molecule has 0 aromatic carbocycles. The van der Waals surface area contributed by atoms with Crippen LogP contribution in [0.2, 0.25) is 0 Å². The summed E-state index contributed by atoms with van der Waals surface area (Å²) < 4.78 is 32.9. The van der Waals surface area contributed by atoms with E-state index in [-0.39, 0.29) is 16.3 Å². The summed E-state index contributed by atoms with van der Waals surface area (Å²) in [5.74, 6) is 0.0723. The van der Waals surface area contributed by atoms with Crippen molar-refractivity contribution in [3.8, 4) is 0 Å². The molecule has 0 amide bonds. The van der Waals surface area contributed by atoms with Crippen molar-refractivity contribution in [1.82, 2.24) is 19.4 Å². The minimum atomic E-state index is -3.46. The van der Waals surface area contributed by atoms with E-state index in [0.717, 1.165) is 38.4 Å². The molecule has 0 unspecified atom stereocenters. The normalized spacial score (nSPS) is 13.0. The van der Waals surface area contributed by atoms with Crippen LogP contribution >= 0.6 is 0 Å². The number of hydrogen-bond acceptors (Lipinski definition) is 6. The van der Waals surface area contributed by atoms with Gasteiger partial charge < -0.3 is 14.2 Å². The van der Waals surface area contributed by atoms with Gasteiger partial charge >= 0.3 is 0 Å². The van der Waals surface area contributed by atoms with Gasteiger partial charge in [0.25, 0.3) is 0 Å². The fourth-order valence-electron chi connectivity index (χ4n) is 3.22. The average molecular weight is 417 g/mol. The third kappa shape index (κ3) is 7.81. The maximum absolute atomic E-state index is 12.9. The summed E-state index contributed by atoms with van der Waals surface area (Å²) >= 11 is 0. The molecule has 1 rings (SSSR count). The molecule has 0 spiro atoms. The lowest BCUT2D eigenvalue weighted by Crippen LogP contribution is -2.35. The van der Waals surface area contributed by atoms with Crippen molar-refractivity contribution in [2.45, 2.75) is 59.8 Å². The van der Waals surface area contributed by atoms with Gasteiger partial charge in [-0.3, -0.25) is 4.90 Å². The van der Waals surface area contributed by atoms with Crippen LogP contribution in [-0.2, 0) is 27.7 Å². The van der Waals surface area contributed by atoms with E-state index in [9.17, 15) is 8.42 Å². The maximum atomic E-state index is 12.9. The van der Waals surface area contributed by atoms with Crippen molar-refractivity contribution < 1.29 is 13.2 Å². The van der Waals surface area contributed by atoms with Gasteiger partial charge in [-0.1, -0.05) is 41.5 Å². The van der Waals surface area contributed by atoms with Gasteiger partial charge in [-0.2, -0.15) is 0 Å². The van der Waals surface area contributed by atoms with E-state index in [4.69, 9.17) is 4.74 Å². The third-order valence-corrected chi connectivity index (χ3v) is 6.91. The molecule has 1 aromatic rings. The molecule has 0 aliphatic rings. The van der Waals surface area contributed by atoms with E-state index < -0.39 is 9.84 Å². The van der Waals surface area contributed by atoms with Gasteiger partial charge in [-0.05, 0) is 25.0 Å². The Labute approximate surface area is 172 Å². The van der Waals surface area contributed by atoms with Crippen molar-refractivity contribution >= 4 is 9.84 Å². The maximum Gasteiger partial charge on any atom is 0.227 e. The number of imidazole rings is 1. The molecule has 164 valence electrons. The monoisotopic (exact) mass is 416 g/mol. The van der Waals surface area contributed by atoms with E-state index in [2.05, 4.69) is 35.6 Å². The summed E-state index contributed by atoms with van der Waals surface area (Å²) in [6, 6.07) is 0. The second-order valence-electron chi connectivity index (χ2n) is 8.39. The highest BCUT2D eigenvalue weighted by Gasteiger charge is 2.29. The number of aromatic nitrogens is 2. The number of likely N-dealkylation sites (N-methyl/N-ethyl adjacent to an activating group) is 2. The van der Waals surface area contributed by atoms with Gasteiger partial charge in [0.05, 0.1) is 24.3 Å². The highest BCUT2D eigenvalue weighted by atomic mass is 32.2. The van der Waals surface area contributed by atoms with Gasteiger partial charge in [0.2, 0.25) is 15.0 Å². The first-order valence-electron chi connectivity index (χ1n) is 10.3. The average Bonchev–Trinajstić information content (AvgIpc) is 3.01. The molecule has 0 fully saturated rings. The van der Waals surface area contributed by atoms with Gasteiger partial charge in [0.15, 0.2) is 0 Å². The molecule has 0 radical (unpaired) electrons. The minimum absolute atomic E-state index is 0.0723. The van der Waals surface area contributed by atoms with E-state index >= 15 is 0 Å². The van der Waals surface area contributed by atoms with Crippen molar-refractivity contribution in [3.63, 3.8) is 0 Å². The predicted molar refractivity (Wildman–Crippen MR) is 114 cm³/mol. The Morgan fingerprint density at radius 2 is 1.64 bits per heavy atom. The fraction of sp³-hybridized carbons (Fsp3) is 0.850. The summed E-state index contributed by atoms with van der Waals surface area (Å²) in [4.78, 5) is 9.05. The Hall–Kier alpha value is -0.960.